The van der Waals surface area contributed by atoms with E-state index in [9.17, 15) is 17.6 Å². The lowest BCUT2D eigenvalue weighted by molar-refractivity contribution is 0.455. The van der Waals surface area contributed by atoms with E-state index < -0.39 is 32.3 Å². The van der Waals surface area contributed by atoms with Gasteiger partial charge in [0.2, 0.25) is 0 Å². The van der Waals surface area contributed by atoms with Gasteiger partial charge in [-0.25, -0.2) is 17.6 Å². The van der Waals surface area contributed by atoms with Gasteiger partial charge in [0.15, 0.2) is 23.3 Å². The quantitative estimate of drug-likeness (QED) is 0.224. The largest absolute Gasteiger partial charge is 0.204 e. The molecule has 0 aromatic heterocycles. The lowest BCUT2D eigenvalue weighted by Crippen LogP contribution is -2.20. The maximum atomic E-state index is 12.6. The topological polar surface area (TPSA) is 0 Å². The molecular formula is C6BF4I. The summed E-state index contributed by atoms with van der Waals surface area (Å²) in [6.07, 6.45) is 0. The molecule has 1 rings (SSSR count). The molecule has 0 nitrogen and oxygen atoms in total. The number of halogens is 5. The van der Waals surface area contributed by atoms with E-state index >= 15 is 0 Å². The summed E-state index contributed by atoms with van der Waals surface area (Å²) < 4.78 is 49.4. The molecule has 0 aliphatic carbocycles. The molecular weight excluding hydrogens is 286 g/mol. The van der Waals surface area contributed by atoms with E-state index in [2.05, 4.69) is 0 Å². The van der Waals surface area contributed by atoms with Crippen molar-refractivity contribution in [2.45, 2.75) is 0 Å². The van der Waals surface area contributed by atoms with Crippen LogP contribution in [0.3, 0.4) is 0 Å². The van der Waals surface area contributed by atoms with E-state index in [1.54, 1.807) is 0 Å². The van der Waals surface area contributed by atoms with Gasteiger partial charge in [-0.3, -0.25) is 0 Å². The van der Waals surface area contributed by atoms with Crippen molar-refractivity contribution in [2.24, 2.45) is 0 Å². The molecule has 0 heterocycles. The van der Waals surface area contributed by atoms with E-state index in [1.807, 2.05) is 0 Å². The highest BCUT2D eigenvalue weighted by molar-refractivity contribution is 14.1. The van der Waals surface area contributed by atoms with Crippen LogP contribution in [-0.4, -0.2) is 7.85 Å². The Bertz CT molecular complexity index is 234. The first-order valence-corrected chi connectivity index (χ1v) is 3.81. The minimum absolute atomic E-state index is 0.739. The molecule has 1 aromatic carbocycles. The van der Waals surface area contributed by atoms with Crippen molar-refractivity contribution < 1.29 is 17.6 Å². The molecule has 0 bridgehead atoms. The average molecular weight is 286 g/mol. The molecule has 0 fully saturated rings. The lowest BCUT2D eigenvalue weighted by Gasteiger charge is -2.04. The zero-order valence-corrected chi connectivity index (χ0v) is 7.62. The third-order valence-corrected chi connectivity index (χ3v) is 2.19. The first kappa shape index (κ1) is 9.82. The SMILES string of the molecule is [B]c1c(F)c(F)c(I)c(F)c1F. The highest BCUT2D eigenvalue weighted by Gasteiger charge is 2.20. The third-order valence-electron chi connectivity index (χ3n) is 1.24. The van der Waals surface area contributed by atoms with Crippen LogP contribution < -0.4 is 5.46 Å². The van der Waals surface area contributed by atoms with E-state index in [1.165, 1.54) is 0 Å². The Morgan fingerprint density at radius 3 is 1.50 bits per heavy atom. The minimum Gasteiger partial charge on any atom is -0.204 e. The van der Waals surface area contributed by atoms with Crippen LogP contribution in [0.1, 0.15) is 0 Å². The molecule has 0 atom stereocenters. The summed E-state index contributed by atoms with van der Waals surface area (Å²) in [4.78, 5) is 0. The molecule has 0 aliphatic rings. The smallest absolute Gasteiger partial charge is 0.174 e. The molecule has 0 N–H and O–H groups in total. The first-order valence-electron chi connectivity index (χ1n) is 2.73. The monoisotopic (exact) mass is 286 g/mol. The number of benzene rings is 1. The van der Waals surface area contributed by atoms with Crippen molar-refractivity contribution in [3.05, 3.63) is 26.8 Å². The maximum Gasteiger partial charge on any atom is 0.174 e. The summed E-state index contributed by atoms with van der Waals surface area (Å²) >= 11 is 1.15. The van der Waals surface area contributed by atoms with Crippen molar-refractivity contribution in [2.75, 3.05) is 0 Å². The molecule has 0 saturated carbocycles. The Morgan fingerprint density at radius 1 is 0.833 bits per heavy atom. The summed E-state index contributed by atoms with van der Waals surface area (Å²) in [7, 11) is 4.72. The Morgan fingerprint density at radius 2 is 1.17 bits per heavy atom. The van der Waals surface area contributed by atoms with E-state index in [0.29, 0.717) is 0 Å². The predicted molar refractivity (Wildman–Crippen MR) is 44.4 cm³/mol. The molecule has 62 valence electrons. The zero-order chi connectivity index (χ0) is 9.46. The summed E-state index contributed by atoms with van der Waals surface area (Å²) in [5, 5.41) is 0. The molecule has 0 spiro atoms. The van der Waals surface area contributed by atoms with Gasteiger partial charge in [0.1, 0.15) is 7.85 Å². The van der Waals surface area contributed by atoms with Crippen LogP contribution >= 0.6 is 22.6 Å². The molecule has 1 aromatic rings. The molecule has 0 aliphatic heterocycles. The summed E-state index contributed by atoms with van der Waals surface area (Å²) in [5.74, 6) is -6.05. The van der Waals surface area contributed by atoms with Gasteiger partial charge in [-0.1, -0.05) is 0 Å². The van der Waals surface area contributed by atoms with Crippen molar-refractivity contribution in [3.63, 3.8) is 0 Å². The maximum absolute atomic E-state index is 12.6. The van der Waals surface area contributed by atoms with Gasteiger partial charge in [-0.15, -0.1) is 0 Å². The van der Waals surface area contributed by atoms with E-state index in [0.717, 1.165) is 22.6 Å². The molecule has 12 heavy (non-hydrogen) atoms. The van der Waals surface area contributed by atoms with Crippen LogP contribution in [0.4, 0.5) is 17.6 Å². The molecule has 0 amide bonds. The normalized spacial score (nSPS) is 10.4. The van der Waals surface area contributed by atoms with Crippen molar-refractivity contribution in [1.82, 2.24) is 0 Å². The Kier molecular flexibility index (Phi) is 2.65. The van der Waals surface area contributed by atoms with Gasteiger partial charge < -0.3 is 0 Å². The van der Waals surface area contributed by atoms with Crippen LogP contribution in [0.5, 0.6) is 0 Å². The van der Waals surface area contributed by atoms with E-state index in [-0.39, 0.29) is 0 Å². The lowest BCUT2D eigenvalue weighted by atomic mass is 9.94. The van der Waals surface area contributed by atoms with Gasteiger partial charge in [-0.05, 0) is 28.1 Å². The molecule has 6 heteroatoms. The standard InChI is InChI=1S/C6BF4I/c7-1-2(8)4(10)6(12)5(11)3(1)9. The molecule has 0 unspecified atom stereocenters. The predicted octanol–water partition coefficient (Wildman–Crippen LogP) is 1.64. The Labute approximate surface area is 80.5 Å². The third kappa shape index (κ3) is 1.32. The molecule has 0 saturated heterocycles. The molecule has 2 radical (unpaired) electrons. The van der Waals surface area contributed by atoms with Crippen molar-refractivity contribution in [1.29, 1.82) is 0 Å². The second kappa shape index (κ2) is 3.23. The van der Waals surface area contributed by atoms with E-state index in [4.69, 9.17) is 7.85 Å². The highest BCUT2D eigenvalue weighted by Crippen LogP contribution is 2.18. The Hall–Kier alpha value is -0.265. The van der Waals surface area contributed by atoms with Crippen LogP contribution in [0.2, 0.25) is 0 Å². The highest BCUT2D eigenvalue weighted by atomic mass is 127. The van der Waals surface area contributed by atoms with Gasteiger partial charge in [-0.2, -0.15) is 0 Å². The second-order valence-corrected chi connectivity index (χ2v) is 3.06. The second-order valence-electron chi connectivity index (χ2n) is 1.98. The number of rotatable bonds is 0. The fraction of sp³-hybridized carbons (Fsp3) is 0. The summed E-state index contributed by atoms with van der Waals surface area (Å²) in [6.45, 7) is 0. The van der Waals surface area contributed by atoms with Crippen LogP contribution in [-0.2, 0) is 0 Å². The minimum atomic E-state index is -1.56. The Balaban J connectivity index is 3.60. The van der Waals surface area contributed by atoms with Gasteiger partial charge >= 0.3 is 0 Å². The van der Waals surface area contributed by atoms with Gasteiger partial charge in [0.25, 0.3) is 0 Å². The fourth-order valence-corrected chi connectivity index (χ4v) is 1.10. The average Bonchev–Trinajstić information content (AvgIpc) is 2.08. The van der Waals surface area contributed by atoms with Crippen LogP contribution in [0, 0.1) is 26.8 Å². The number of hydrogen-bond acceptors (Lipinski definition) is 0. The fourth-order valence-electron chi connectivity index (χ4n) is 0.622. The number of hydrogen-bond donors (Lipinski definition) is 0. The summed E-state index contributed by atoms with van der Waals surface area (Å²) in [6, 6.07) is 0. The summed E-state index contributed by atoms with van der Waals surface area (Å²) in [5.41, 5.74) is -1.13. The van der Waals surface area contributed by atoms with Crippen molar-refractivity contribution >= 4 is 35.9 Å². The van der Waals surface area contributed by atoms with Crippen LogP contribution in [0.15, 0.2) is 0 Å². The van der Waals surface area contributed by atoms with Crippen molar-refractivity contribution in [3.8, 4) is 0 Å². The first-order chi connectivity index (χ1) is 5.46. The van der Waals surface area contributed by atoms with Gasteiger partial charge in [0.05, 0.1) is 3.57 Å². The van der Waals surface area contributed by atoms with Crippen LogP contribution in [0.25, 0.3) is 0 Å². The van der Waals surface area contributed by atoms with Gasteiger partial charge in [0, 0.05) is 0 Å². The zero-order valence-electron chi connectivity index (χ0n) is 5.47.